The van der Waals surface area contributed by atoms with Crippen molar-refractivity contribution in [3.63, 3.8) is 0 Å². The number of benzene rings is 1. The lowest BCUT2D eigenvalue weighted by atomic mass is 10.2. The van der Waals surface area contributed by atoms with Crippen LogP contribution >= 0.6 is 0 Å². The van der Waals surface area contributed by atoms with Crippen LogP contribution in [0, 0.1) is 5.41 Å². The third kappa shape index (κ3) is 5.56. The summed E-state index contributed by atoms with van der Waals surface area (Å²) in [6.45, 7) is 3.89. The highest BCUT2D eigenvalue weighted by Crippen LogP contribution is 2.23. The molecule has 1 aromatic carbocycles. The van der Waals surface area contributed by atoms with Gasteiger partial charge >= 0.3 is 0 Å². The van der Waals surface area contributed by atoms with Crippen LogP contribution < -0.4 is 15.4 Å². The van der Waals surface area contributed by atoms with Gasteiger partial charge in [0.05, 0.1) is 6.10 Å². The molecule has 4 N–H and O–H groups in total. The Kier molecular flexibility index (Phi) is 6.26. The highest BCUT2D eigenvalue weighted by atomic mass is 16.5. The molecule has 0 aliphatic carbocycles. The highest BCUT2D eigenvalue weighted by molar-refractivity contribution is 6.09. The van der Waals surface area contributed by atoms with Gasteiger partial charge < -0.3 is 20.5 Å². The summed E-state index contributed by atoms with van der Waals surface area (Å²) in [5, 5.41) is 22.4. The van der Waals surface area contributed by atoms with Crippen LogP contribution in [0.25, 0.3) is 0 Å². The fourth-order valence-electron chi connectivity index (χ4n) is 1.50. The molecule has 0 fully saturated rings. The van der Waals surface area contributed by atoms with E-state index >= 15 is 0 Å². The summed E-state index contributed by atoms with van der Waals surface area (Å²) in [5.74, 6) is -0.169. The van der Waals surface area contributed by atoms with E-state index in [9.17, 15) is 9.90 Å². The van der Waals surface area contributed by atoms with E-state index in [0.29, 0.717) is 5.75 Å². The number of hydrogen-bond donors (Lipinski definition) is 4. The number of carbonyl (C=O) groups excluding carboxylic acids is 1. The van der Waals surface area contributed by atoms with Crippen LogP contribution in [-0.4, -0.2) is 30.0 Å². The predicted molar refractivity (Wildman–Crippen MR) is 81.9 cm³/mol. The zero-order valence-corrected chi connectivity index (χ0v) is 12.4. The molecule has 1 rings (SSSR count). The van der Waals surface area contributed by atoms with E-state index in [1.54, 1.807) is 7.05 Å². The van der Waals surface area contributed by atoms with Gasteiger partial charge in [-0.05, 0) is 37.8 Å². The van der Waals surface area contributed by atoms with Crippen LogP contribution in [0.4, 0.5) is 0 Å². The van der Waals surface area contributed by atoms with E-state index in [1.165, 1.54) is 30.5 Å². The summed E-state index contributed by atoms with van der Waals surface area (Å²) >= 11 is 0. The van der Waals surface area contributed by atoms with Crippen molar-refractivity contribution < 1.29 is 14.6 Å². The first-order valence-electron chi connectivity index (χ1n) is 6.70. The number of hydrogen-bond acceptors (Lipinski definition) is 5. The van der Waals surface area contributed by atoms with Crippen LogP contribution in [-0.2, 0) is 0 Å². The smallest absolute Gasteiger partial charge is 0.257 e. The van der Waals surface area contributed by atoms with Crippen molar-refractivity contribution in [2.45, 2.75) is 26.4 Å². The van der Waals surface area contributed by atoms with Gasteiger partial charge in [0.1, 0.15) is 17.3 Å². The van der Waals surface area contributed by atoms with Gasteiger partial charge in [0.2, 0.25) is 0 Å². The van der Waals surface area contributed by atoms with Crippen LogP contribution in [0.15, 0.2) is 30.5 Å². The van der Waals surface area contributed by atoms with E-state index in [1.807, 2.05) is 13.8 Å². The van der Waals surface area contributed by atoms with Gasteiger partial charge in [-0.25, -0.2) is 0 Å². The summed E-state index contributed by atoms with van der Waals surface area (Å²) in [7, 11) is 1.69. The standard InChI is InChI=1S/C15H21N3O3/c1-4-10(2)21-13-8-11(7-12(19)9-13)15(20)18-14(16)5-6-17-3/h5-10,17,19H,4H2,1-3H3,(H2,16,18,20)/b6-5-/t10-/m0/s1. The lowest BCUT2D eigenvalue weighted by Crippen LogP contribution is -2.28. The summed E-state index contributed by atoms with van der Waals surface area (Å²) < 4.78 is 5.59. The molecule has 0 unspecified atom stereocenters. The Labute approximate surface area is 124 Å². The van der Waals surface area contributed by atoms with Gasteiger partial charge in [-0.2, -0.15) is 0 Å². The Morgan fingerprint density at radius 3 is 2.81 bits per heavy atom. The minimum absolute atomic E-state index is 0.0143. The Bertz CT molecular complexity index is 541. The molecule has 0 aliphatic heterocycles. The van der Waals surface area contributed by atoms with E-state index in [-0.39, 0.29) is 23.3 Å². The normalized spacial score (nSPS) is 12.0. The van der Waals surface area contributed by atoms with E-state index in [0.717, 1.165) is 6.42 Å². The monoisotopic (exact) mass is 291 g/mol. The fraction of sp³-hybridized carbons (Fsp3) is 0.333. The molecule has 0 saturated heterocycles. The topological polar surface area (TPSA) is 94.4 Å². The van der Waals surface area contributed by atoms with E-state index in [4.69, 9.17) is 10.1 Å². The van der Waals surface area contributed by atoms with Gasteiger partial charge in [0, 0.05) is 18.7 Å². The van der Waals surface area contributed by atoms with Crippen molar-refractivity contribution in [1.29, 1.82) is 5.41 Å². The van der Waals surface area contributed by atoms with Gasteiger partial charge in [-0.3, -0.25) is 10.2 Å². The molecule has 6 nitrogen and oxygen atoms in total. The predicted octanol–water partition coefficient (Wildman–Crippen LogP) is 2.01. The zero-order chi connectivity index (χ0) is 15.8. The van der Waals surface area contributed by atoms with Crippen molar-refractivity contribution in [2.24, 2.45) is 0 Å². The molecule has 0 spiro atoms. The Morgan fingerprint density at radius 2 is 2.19 bits per heavy atom. The molecule has 0 radical (unpaired) electrons. The van der Waals surface area contributed by atoms with Gasteiger partial charge in [0.25, 0.3) is 5.91 Å². The number of amidine groups is 1. The maximum Gasteiger partial charge on any atom is 0.257 e. The average molecular weight is 291 g/mol. The molecule has 0 heterocycles. The molecule has 0 aromatic heterocycles. The SMILES string of the molecule is CC[C@H](C)Oc1cc(O)cc(C(=O)NC(=N)/C=C\NC)c1. The maximum atomic E-state index is 12.0. The number of aromatic hydroxyl groups is 1. The van der Waals surface area contributed by atoms with E-state index in [2.05, 4.69) is 10.6 Å². The molecular weight excluding hydrogens is 270 g/mol. The molecule has 1 aromatic rings. The van der Waals surface area contributed by atoms with Crippen molar-refractivity contribution >= 4 is 11.7 Å². The van der Waals surface area contributed by atoms with Crippen LogP contribution in [0.2, 0.25) is 0 Å². The first kappa shape index (κ1) is 16.6. The molecule has 114 valence electrons. The van der Waals surface area contributed by atoms with Crippen LogP contribution in [0.1, 0.15) is 30.6 Å². The molecule has 0 saturated carbocycles. The molecule has 1 amide bonds. The second kappa shape index (κ2) is 7.94. The van der Waals surface area contributed by atoms with Crippen molar-refractivity contribution in [3.05, 3.63) is 36.0 Å². The number of rotatable bonds is 6. The number of ether oxygens (including phenoxy) is 1. The maximum absolute atomic E-state index is 12.0. The second-order valence-corrected chi connectivity index (χ2v) is 4.54. The lowest BCUT2D eigenvalue weighted by molar-refractivity contribution is 0.0976. The Morgan fingerprint density at radius 1 is 1.48 bits per heavy atom. The Balaban J connectivity index is 2.84. The molecule has 1 atom stereocenters. The summed E-state index contributed by atoms with van der Waals surface area (Å²) in [4.78, 5) is 12.0. The largest absolute Gasteiger partial charge is 0.508 e. The minimum atomic E-state index is -0.481. The third-order valence-electron chi connectivity index (χ3n) is 2.73. The quantitative estimate of drug-likeness (QED) is 0.476. The summed E-state index contributed by atoms with van der Waals surface area (Å²) in [6.07, 6.45) is 3.75. The molecule has 0 bridgehead atoms. The average Bonchev–Trinajstić information content (AvgIpc) is 2.44. The molecule has 6 heteroatoms. The zero-order valence-electron chi connectivity index (χ0n) is 12.4. The van der Waals surface area contributed by atoms with Gasteiger partial charge in [0.15, 0.2) is 0 Å². The molecular formula is C15H21N3O3. The molecule has 21 heavy (non-hydrogen) atoms. The number of nitrogens with one attached hydrogen (secondary N) is 3. The molecule has 0 aliphatic rings. The van der Waals surface area contributed by atoms with Crippen molar-refractivity contribution in [3.8, 4) is 11.5 Å². The van der Waals surface area contributed by atoms with Crippen molar-refractivity contribution in [2.75, 3.05) is 7.05 Å². The summed E-state index contributed by atoms with van der Waals surface area (Å²) in [5.41, 5.74) is 0.232. The van der Waals surface area contributed by atoms with Crippen LogP contribution in [0.3, 0.4) is 0 Å². The first-order valence-corrected chi connectivity index (χ1v) is 6.70. The summed E-state index contributed by atoms with van der Waals surface area (Å²) in [6, 6.07) is 4.32. The van der Waals surface area contributed by atoms with Gasteiger partial charge in [-0.1, -0.05) is 6.92 Å². The number of phenols is 1. The fourth-order valence-corrected chi connectivity index (χ4v) is 1.50. The Hall–Kier alpha value is -2.50. The highest BCUT2D eigenvalue weighted by Gasteiger charge is 2.11. The van der Waals surface area contributed by atoms with Crippen molar-refractivity contribution in [1.82, 2.24) is 10.6 Å². The minimum Gasteiger partial charge on any atom is -0.508 e. The van der Waals surface area contributed by atoms with Gasteiger partial charge in [-0.15, -0.1) is 0 Å². The third-order valence-corrected chi connectivity index (χ3v) is 2.73. The van der Waals surface area contributed by atoms with E-state index < -0.39 is 5.91 Å². The lowest BCUT2D eigenvalue weighted by Gasteiger charge is -2.14. The van der Waals surface area contributed by atoms with Crippen LogP contribution in [0.5, 0.6) is 11.5 Å². The first-order chi connectivity index (χ1) is 9.96. The number of amides is 1. The second-order valence-electron chi connectivity index (χ2n) is 4.54. The number of carbonyl (C=O) groups is 1. The number of phenolic OH excluding ortho intramolecular Hbond substituents is 1.